The number of aliphatic hydroxyl groups is 1. The van der Waals surface area contributed by atoms with Crippen LogP contribution in [-0.4, -0.2) is 22.3 Å². The first-order valence-electron chi connectivity index (χ1n) is 3.29. The lowest BCUT2D eigenvalue weighted by atomic mass is 10.0. The zero-order valence-corrected chi connectivity index (χ0v) is 6.40. The van der Waals surface area contributed by atoms with Crippen molar-refractivity contribution in [3.05, 3.63) is 24.8 Å². The molecule has 0 heterocycles. The van der Waals surface area contributed by atoms with Gasteiger partial charge in [0.25, 0.3) is 0 Å². The first-order valence-corrected chi connectivity index (χ1v) is 3.29. The molecule has 0 radical (unpaired) electrons. The third-order valence-corrected chi connectivity index (χ3v) is 1.30. The summed E-state index contributed by atoms with van der Waals surface area (Å²) in [6.45, 7) is 5.02. The number of rotatable bonds is 4. The minimum absolute atomic E-state index is 0.911. The number of hydrogen-bond donors (Lipinski definition) is 2. The topological polar surface area (TPSA) is 57.5 Å². The largest absolute Gasteiger partial charge is 0.481 e. The maximum atomic E-state index is 10.4. The van der Waals surface area contributed by atoms with E-state index < -0.39 is 18.0 Å². The van der Waals surface area contributed by atoms with Crippen LogP contribution in [0.15, 0.2) is 24.8 Å². The molecule has 62 valence electrons. The highest BCUT2D eigenvalue weighted by atomic mass is 16.4. The van der Waals surface area contributed by atoms with Crippen molar-refractivity contribution in [1.29, 1.82) is 0 Å². The Morgan fingerprint density at radius 3 is 2.45 bits per heavy atom. The van der Waals surface area contributed by atoms with Crippen molar-refractivity contribution in [3.8, 4) is 0 Å². The molecule has 0 aliphatic carbocycles. The molecule has 2 N–H and O–H groups in total. The molecule has 0 aromatic rings. The van der Waals surface area contributed by atoms with Gasteiger partial charge in [-0.05, 0) is 6.92 Å². The van der Waals surface area contributed by atoms with Crippen molar-refractivity contribution in [2.75, 3.05) is 0 Å². The minimum atomic E-state index is -1.06. The molecule has 0 saturated carbocycles. The van der Waals surface area contributed by atoms with Crippen LogP contribution in [0.1, 0.15) is 6.92 Å². The average Bonchev–Trinajstić information content (AvgIpc) is 1.88. The summed E-state index contributed by atoms with van der Waals surface area (Å²) in [4.78, 5) is 10.4. The lowest BCUT2D eigenvalue weighted by Gasteiger charge is -2.10. The highest BCUT2D eigenvalue weighted by Crippen LogP contribution is 2.06. The molecule has 0 bridgehead atoms. The van der Waals surface area contributed by atoms with E-state index in [0.717, 1.165) is 0 Å². The Bertz CT molecular complexity index is 172. The summed E-state index contributed by atoms with van der Waals surface area (Å²) in [5.41, 5.74) is 0. The van der Waals surface area contributed by atoms with E-state index in [1.807, 2.05) is 0 Å². The molecule has 0 saturated heterocycles. The van der Waals surface area contributed by atoms with Gasteiger partial charge in [0.2, 0.25) is 0 Å². The summed E-state index contributed by atoms with van der Waals surface area (Å²) in [5, 5.41) is 17.6. The average molecular weight is 156 g/mol. The SMILES string of the molecule is C=C[C@@H](C(=O)O)[C@H](O)/C=C/C. The number of aliphatic carboxylic acids is 1. The van der Waals surface area contributed by atoms with E-state index in [4.69, 9.17) is 10.2 Å². The predicted molar refractivity (Wildman–Crippen MR) is 42.1 cm³/mol. The van der Waals surface area contributed by atoms with Crippen LogP contribution in [0.4, 0.5) is 0 Å². The van der Waals surface area contributed by atoms with Gasteiger partial charge in [-0.3, -0.25) is 4.79 Å². The monoisotopic (exact) mass is 156 g/mol. The second-order valence-electron chi connectivity index (χ2n) is 2.12. The fraction of sp³-hybridized carbons (Fsp3) is 0.375. The molecule has 0 amide bonds. The second kappa shape index (κ2) is 4.68. The van der Waals surface area contributed by atoms with Crippen molar-refractivity contribution in [2.45, 2.75) is 13.0 Å². The van der Waals surface area contributed by atoms with Crippen molar-refractivity contribution >= 4 is 5.97 Å². The van der Waals surface area contributed by atoms with Gasteiger partial charge in [-0.15, -0.1) is 6.58 Å². The van der Waals surface area contributed by atoms with E-state index in [2.05, 4.69) is 6.58 Å². The number of aliphatic hydroxyl groups excluding tert-OH is 1. The Kier molecular flexibility index (Phi) is 4.22. The van der Waals surface area contributed by atoms with Gasteiger partial charge in [0, 0.05) is 0 Å². The molecule has 0 spiro atoms. The smallest absolute Gasteiger partial charge is 0.313 e. The number of carboxylic acids is 1. The summed E-state index contributed by atoms with van der Waals surface area (Å²) in [6, 6.07) is 0. The molecule has 0 aliphatic rings. The van der Waals surface area contributed by atoms with Crippen LogP contribution < -0.4 is 0 Å². The molecule has 0 aliphatic heterocycles. The van der Waals surface area contributed by atoms with Gasteiger partial charge >= 0.3 is 5.97 Å². The van der Waals surface area contributed by atoms with E-state index in [1.165, 1.54) is 12.2 Å². The van der Waals surface area contributed by atoms with Crippen LogP contribution in [0.2, 0.25) is 0 Å². The van der Waals surface area contributed by atoms with E-state index in [9.17, 15) is 4.79 Å². The van der Waals surface area contributed by atoms with E-state index in [-0.39, 0.29) is 0 Å². The van der Waals surface area contributed by atoms with Crippen LogP contribution in [0, 0.1) is 5.92 Å². The van der Waals surface area contributed by atoms with Gasteiger partial charge in [0.1, 0.15) is 5.92 Å². The van der Waals surface area contributed by atoms with Gasteiger partial charge in [-0.2, -0.15) is 0 Å². The normalized spacial score (nSPS) is 16.2. The summed E-state index contributed by atoms with van der Waals surface area (Å²) in [5.74, 6) is -1.98. The quantitative estimate of drug-likeness (QED) is 0.592. The zero-order valence-electron chi connectivity index (χ0n) is 6.40. The van der Waals surface area contributed by atoms with Gasteiger partial charge < -0.3 is 10.2 Å². The Morgan fingerprint density at radius 2 is 2.18 bits per heavy atom. The molecule has 11 heavy (non-hydrogen) atoms. The lowest BCUT2D eigenvalue weighted by Crippen LogP contribution is -2.24. The van der Waals surface area contributed by atoms with E-state index in [1.54, 1.807) is 13.0 Å². The first-order chi connectivity index (χ1) is 5.13. The third kappa shape index (κ3) is 3.00. The lowest BCUT2D eigenvalue weighted by molar-refractivity contribution is -0.142. The first kappa shape index (κ1) is 9.91. The number of carboxylic acid groups (broad SMARTS) is 1. The summed E-state index contributed by atoms with van der Waals surface area (Å²) in [6.07, 6.45) is 3.26. The van der Waals surface area contributed by atoms with Crippen molar-refractivity contribution in [1.82, 2.24) is 0 Å². The standard InChI is InChI=1S/C8H12O3/c1-3-5-7(9)6(4-2)8(10)11/h3-7,9H,2H2,1H3,(H,10,11)/b5-3+/t6-,7-/m1/s1. The molecular weight excluding hydrogens is 144 g/mol. The molecule has 0 fully saturated rings. The van der Waals surface area contributed by atoms with Crippen molar-refractivity contribution in [3.63, 3.8) is 0 Å². The number of hydrogen-bond acceptors (Lipinski definition) is 2. The maximum absolute atomic E-state index is 10.4. The van der Waals surface area contributed by atoms with Crippen LogP contribution in [-0.2, 0) is 4.79 Å². The Morgan fingerprint density at radius 1 is 1.64 bits per heavy atom. The zero-order chi connectivity index (χ0) is 8.85. The van der Waals surface area contributed by atoms with Crippen LogP contribution >= 0.6 is 0 Å². The van der Waals surface area contributed by atoms with Crippen molar-refractivity contribution in [2.24, 2.45) is 5.92 Å². The fourth-order valence-electron chi connectivity index (χ4n) is 0.703. The molecule has 3 heteroatoms. The fourth-order valence-corrected chi connectivity index (χ4v) is 0.703. The van der Waals surface area contributed by atoms with E-state index >= 15 is 0 Å². The third-order valence-electron chi connectivity index (χ3n) is 1.30. The Balaban J connectivity index is 4.24. The van der Waals surface area contributed by atoms with Gasteiger partial charge in [-0.1, -0.05) is 18.2 Å². The predicted octanol–water partition coefficient (Wildman–Crippen LogP) is 0.810. The minimum Gasteiger partial charge on any atom is -0.481 e. The van der Waals surface area contributed by atoms with Gasteiger partial charge in [0.05, 0.1) is 6.10 Å². The summed E-state index contributed by atoms with van der Waals surface area (Å²) in [7, 11) is 0. The highest BCUT2D eigenvalue weighted by Gasteiger charge is 2.19. The maximum Gasteiger partial charge on any atom is 0.313 e. The van der Waals surface area contributed by atoms with E-state index in [0.29, 0.717) is 0 Å². The number of allylic oxidation sites excluding steroid dienone is 1. The van der Waals surface area contributed by atoms with Gasteiger partial charge in [-0.25, -0.2) is 0 Å². The molecular formula is C8H12O3. The van der Waals surface area contributed by atoms with Crippen LogP contribution in [0.25, 0.3) is 0 Å². The van der Waals surface area contributed by atoms with Crippen LogP contribution in [0.3, 0.4) is 0 Å². The second-order valence-corrected chi connectivity index (χ2v) is 2.12. The van der Waals surface area contributed by atoms with Gasteiger partial charge in [0.15, 0.2) is 0 Å². The molecule has 0 rings (SSSR count). The molecule has 3 nitrogen and oxygen atoms in total. The highest BCUT2D eigenvalue weighted by molar-refractivity contribution is 5.73. The Hall–Kier alpha value is -1.09. The molecule has 0 aromatic carbocycles. The Labute approximate surface area is 65.7 Å². The number of carbonyl (C=O) groups is 1. The molecule has 2 atom stereocenters. The van der Waals surface area contributed by atoms with Crippen molar-refractivity contribution < 1.29 is 15.0 Å². The summed E-state index contributed by atoms with van der Waals surface area (Å²) >= 11 is 0. The molecule has 0 unspecified atom stereocenters. The van der Waals surface area contributed by atoms with Crippen LogP contribution in [0.5, 0.6) is 0 Å². The molecule has 0 aromatic heterocycles. The summed E-state index contributed by atoms with van der Waals surface area (Å²) < 4.78 is 0.